The summed E-state index contributed by atoms with van der Waals surface area (Å²) in [5.41, 5.74) is 0. The van der Waals surface area contributed by atoms with Gasteiger partial charge in [-0.25, -0.2) is 4.39 Å². The molecular formula is C13H10FNOS. The van der Waals surface area contributed by atoms with Crippen LogP contribution in [0.3, 0.4) is 0 Å². The lowest BCUT2D eigenvalue weighted by atomic mass is 10.2. The number of hydrogen-bond acceptors (Lipinski definition) is 2. The highest BCUT2D eigenvalue weighted by molar-refractivity contribution is 7.20. The average Bonchev–Trinajstić information content (AvgIpc) is 2.71. The molecule has 0 N–H and O–H groups in total. The van der Waals surface area contributed by atoms with Crippen LogP contribution in [-0.4, -0.2) is 24.4 Å². The highest BCUT2D eigenvalue weighted by Crippen LogP contribution is 2.27. The van der Waals surface area contributed by atoms with E-state index in [1.54, 1.807) is 19.2 Å². The van der Waals surface area contributed by atoms with E-state index in [1.807, 2.05) is 0 Å². The molecule has 86 valence electrons. The molecule has 0 aliphatic carbocycles. The molecule has 0 aliphatic heterocycles. The van der Waals surface area contributed by atoms with Crippen LogP contribution in [-0.2, 0) is 0 Å². The number of rotatable bonds is 2. The van der Waals surface area contributed by atoms with E-state index in [2.05, 4.69) is 5.92 Å². The van der Waals surface area contributed by atoms with Crippen molar-refractivity contribution in [1.29, 1.82) is 0 Å². The molecule has 0 aliphatic rings. The van der Waals surface area contributed by atoms with Crippen molar-refractivity contribution in [2.24, 2.45) is 0 Å². The first-order valence-electron chi connectivity index (χ1n) is 5.00. The van der Waals surface area contributed by atoms with Crippen molar-refractivity contribution in [3.63, 3.8) is 0 Å². The zero-order valence-corrected chi connectivity index (χ0v) is 10.1. The molecule has 0 spiro atoms. The fourth-order valence-electron chi connectivity index (χ4n) is 1.51. The van der Waals surface area contributed by atoms with Gasteiger partial charge >= 0.3 is 0 Å². The van der Waals surface area contributed by atoms with Gasteiger partial charge in [-0.05, 0) is 23.6 Å². The van der Waals surface area contributed by atoms with Crippen molar-refractivity contribution in [1.82, 2.24) is 4.90 Å². The summed E-state index contributed by atoms with van der Waals surface area (Å²) < 4.78 is 13.8. The van der Waals surface area contributed by atoms with Crippen molar-refractivity contribution in [2.75, 3.05) is 13.6 Å². The van der Waals surface area contributed by atoms with Crippen molar-refractivity contribution < 1.29 is 9.18 Å². The largest absolute Gasteiger partial charge is 0.330 e. The number of hydrogen-bond donors (Lipinski definition) is 0. The number of amides is 1. The number of carbonyl (C=O) groups excluding carboxylic acids is 1. The minimum atomic E-state index is -0.296. The van der Waals surface area contributed by atoms with Gasteiger partial charge in [-0.1, -0.05) is 12.0 Å². The Morgan fingerprint density at radius 1 is 1.53 bits per heavy atom. The highest BCUT2D eigenvalue weighted by atomic mass is 32.1. The first kappa shape index (κ1) is 11.6. The Bertz CT molecular complexity index is 611. The van der Waals surface area contributed by atoms with Crippen molar-refractivity contribution >= 4 is 27.3 Å². The minimum Gasteiger partial charge on any atom is -0.330 e. The normalized spacial score (nSPS) is 10.2. The molecule has 1 aromatic heterocycles. The molecule has 1 amide bonds. The summed E-state index contributed by atoms with van der Waals surface area (Å²) in [7, 11) is 1.65. The Labute approximate surface area is 103 Å². The van der Waals surface area contributed by atoms with Crippen LogP contribution >= 0.6 is 11.3 Å². The van der Waals surface area contributed by atoms with Gasteiger partial charge < -0.3 is 4.90 Å². The molecule has 2 aromatic rings. The molecule has 0 radical (unpaired) electrons. The SMILES string of the molecule is C#CCN(C)C(=O)c1cc2ccc(F)cc2s1. The number of thiophene rings is 1. The van der Waals surface area contributed by atoms with Gasteiger partial charge in [-0.2, -0.15) is 0 Å². The number of halogens is 1. The van der Waals surface area contributed by atoms with Crippen LogP contribution in [0.15, 0.2) is 24.3 Å². The van der Waals surface area contributed by atoms with E-state index in [1.165, 1.54) is 28.4 Å². The predicted octanol–water partition coefficient (Wildman–Crippen LogP) is 2.75. The monoisotopic (exact) mass is 247 g/mol. The van der Waals surface area contributed by atoms with E-state index in [0.717, 1.165) is 10.1 Å². The van der Waals surface area contributed by atoms with Crippen LogP contribution < -0.4 is 0 Å². The molecular weight excluding hydrogens is 237 g/mol. The molecule has 0 unspecified atom stereocenters. The maximum absolute atomic E-state index is 13.0. The van der Waals surface area contributed by atoms with Crippen molar-refractivity contribution in [2.45, 2.75) is 0 Å². The summed E-state index contributed by atoms with van der Waals surface area (Å²) in [5.74, 6) is 1.98. The summed E-state index contributed by atoms with van der Waals surface area (Å²) in [6, 6.07) is 6.24. The summed E-state index contributed by atoms with van der Waals surface area (Å²) >= 11 is 1.27. The van der Waals surface area contributed by atoms with E-state index in [4.69, 9.17) is 6.42 Å². The number of benzene rings is 1. The third-order valence-corrected chi connectivity index (χ3v) is 3.45. The minimum absolute atomic E-state index is 0.135. The molecule has 1 aromatic carbocycles. The molecule has 4 heteroatoms. The molecule has 0 atom stereocenters. The first-order chi connectivity index (χ1) is 8.11. The molecule has 0 saturated carbocycles. The molecule has 0 fully saturated rings. The standard InChI is InChI=1S/C13H10FNOS/c1-3-6-15(2)13(16)12-7-9-4-5-10(14)8-11(9)17-12/h1,4-5,7-8H,6H2,2H3. The fraction of sp³-hybridized carbons (Fsp3) is 0.154. The van der Waals surface area contributed by atoms with Gasteiger partial charge in [-0.15, -0.1) is 17.8 Å². The number of carbonyl (C=O) groups is 1. The topological polar surface area (TPSA) is 20.3 Å². The third-order valence-electron chi connectivity index (χ3n) is 2.37. The summed E-state index contributed by atoms with van der Waals surface area (Å²) in [6.45, 7) is 0.265. The number of terminal acetylenes is 1. The van der Waals surface area contributed by atoms with Gasteiger partial charge in [0.1, 0.15) is 5.82 Å². The molecule has 2 rings (SSSR count). The first-order valence-corrected chi connectivity index (χ1v) is 5.81. The third kappa shape index (κ3) is 2.29. The van der Waals surface area contributed by atoms with Crippen LogP contribution in [0.5, 0.6) is 0 Å². The maximum Gasteiger partial charge on any atom is 0.264 e. The van der Waals surface area contributed by atoms with Gasteiger partial charge in [0, 0.05) is 11.7 Å². The Balaban J connectivity index is 2.37. The van der Waals surface area contributed by atoms with Crippen molar-refractivity contribution in [3.8, 4) is 12.3 Å². The second kappa shape index (κ2) is 4.56. The second-order valence-electron chi connectivity index (χ2n) is 3.66. The van der Waals surface area contributed by atoms with Crippen LogP contribution in [0, 0.1) is 18.2 Å². The summed E-state index contributed by atoms with van der Waals surface area (Å²) in [4.78, 5) is 14.0. The Hall–Kier alpha value is -1.86. The van der Waals surface area contributed by atoms with E-state index >= 15 is 0 Å². The highest BCUT2D eigenvalue weighted by Gasteiger charge is 2.14. The molecule has 0 saturated heterocycles. The van der Waals surface area contributed by atoms with Gasteiger partial charge in [0.25, 0.3) is 5.91 Å². The Morgan fingerprint density at radius 2 is 2.29 bits per heavy atom. The lowest BCUT2D eigenvalue weighted by Crippen LogP contribution is -2.26. The lowest BCUT2D eigenvalue weighted by molar-refractivity contribution is 0.0817. The van der Waals surface area contributed by atoms with Gasteiger partial charge in [-0.3, -0.25) is 4.79 Å². The zero-order valence-electron chi connectivity index (χ0n) is 9.24. The van der Waals surface area contributed by atoms with Gasteiger partial charge in [0.2, 0.25) is 0 Å². The van der Waals surface area contributed by atoms with E-state index in [-0.39, 0.29) is 18.3 Å². The molecule has 2 nitrogen and oxygen atoms in total. The quantitative estimate of drug-likeness (QED) is 0.747. The molecule has 1 heterocycles. The van der Waals surface area contributed by atoms with Gasteiger partial charge in [0.05, 0.1) is 11.4 Å². The second-order valence-corrected chi connectivity index (χ2v) is 4.74. The van der Waals surface area contributed by atoms with Crippen LogP contribution in [0.25, 0.3) is 10.1 Å². The predicted molar refractivity (Wildman–Crippen MR) is 67.6 cm³/mol. The molecule has 17 heavy (non-hydrogen) atoms. The summed E-state index contributed by atoms with van der Waals surface area (Å²) in [6.07, 6.45) is 5.15. The Morgan fingerprint density at radius 3 is 3.00 bits per heavy atom. The number of fused-ring (bicyclic) bond motifs is 1. The van der Waals surface area contributed by atoms with Gasteiger partial charge in [0.15, 0.2) is 0 Å². The van der Waals surface area contributed by atoms with E-state index in [0.29, 0.717) is 4.88 Å². The zero-order chi connectivity index (χ0) is 12.4. The van der Waals surface area contributed by atoms with Crippen LogP contribution in [0.4, 0.5) is 4.39 Å². The van der Waals surface area contributed by atoms with Crippen LogP contribution in [0.2, 0.25) is 0 Å². The average molecular weight is 247 g/mol. The fourth-order valence-corrected chi connectivity index (χ4v) is 2.59. The molecule has 0 bridgehead atoms. The van der Waals surface area contributed by atoms with E-state index < -0.39 is 0 Å². The Kier molecular flexibility index (Phi) is 3.12. The van der Waals surface area contributed by atoms with Crippen molar-refractivity contribution in [3.05, 3.63) is 35.0 Å². The van der Waals surface area contributed by atoms with Crippen LogP contribution in [0.1, 0.15) is 9.67 Å². The summed E-state index contributed by atoms with van der Waals surface area (Å²) in [5, 5.41) is 0.869. The smallest absolute Gasteiger partial charge is 0.264 e. The maximum atomic E-state index is 13.0. The number of nitrogens with zero attached hydrogens (tertiary/aromatic N) is 1. The lowest BCUT2D eigenvalue weighted by Gasteiger charge is -2.11. The van der Waals surface area contributed by atoms with E-state index in [9.17, 15) is 9.18 Å².